The number of fused-ring (bicyclic) bond motifs is 1. The molecule has 0 spiro atoms. The second kappa shape index (κ2) is 10.8. The molecule has 9 heteroatoms. The summed E-state index contributed by atoms with van der Waals surface area (Å²) < 4.78 is 1.72. The number of amides is 1. The number of aromatic nitrogens is 4. The molecular weight excluding hydrogens is 492 g/mol. The Hall–Kier alpha value is -4.26. The van der Waals surface area contributed by atoms with Crippen molar-refractivity contribution in [3.63, 3.8) is 0 Å². The van der Waals surface area contributed by atoms with Gasteiger partial charge in [-0.3, -0.25) is 4.79 Å². The lowest BCUT2D eigenvalue weighted by atomic mass is 9.85. The predicted octanol–water partition coefficient (Wildman–Crippen LogP) is 2.61. The summed E-state index contributed by atoms with van der Waals surface area (Å²) in [5.74, 6) is 6.65. The molecule has 4 N–H and O–H groups in total. The van der Waals surface area contributed by atoms with Crippen LogP contribution in [0, 0.1) is 24.2 Å². The Morgan fingerprint density at radius 3 is 2.56 bits per heavy atom. The first-order valence-electron chi connectivity index (χ1n) is 13.0. The van der Waals surface area contributed by atoms with Crippen molar-refractivity contribution in [3.8, 4) is 11.8 Å². The van der Waals surface area contributed by atoms with Crippen LogP contribution in [0.25, 0.3) is 11.2 Å². The monoisotopic (exact) mass is 524 g/mol. The van der Waals surface area contributed by atoms with Crippen molar-refractivity contribution in [2.75, 3.05) is 18.9 Å². The van der Waals surface area contributed by atoms with Crippen LogP contribution in [0.2, 0.25) is 0 Å². The summed E-state index contributed by atoms with van der Waals surface area (Å²) in [7, 11) is 1.52. The molecule has 1 saturated carbocycles. The Bertz CT molecular complexity index is 1540. The Labute approximate surface area is 227 Å². The number of nitrogens with zero attached hydrogens (tertiary/aromatic N) is 4. The molecule has 5 rings (SSSR count). The van der Waals surface area contributed by atoms with E-state index in [2.05, 4.69) is 68.6 Å². The van der Waals surface area contributed by atoms with Gasteiger partial charge in [0.15, 0.2) is 17.0 Å². The quantitative estimate of drug-likeness (QED) is 0.286. The molecule has 39 heavy (non-hydrogen) atoms. The number of aliphatic hydroxyl groups is 2. The standard InChI is InChI=1S/C30H32N6O3/c1-19-9-11-21(12-10-19)15-16-32-27-24-28(35-23(34-27)14-13-20-7-5-4-6-8-20)36(18-33-24)22-17-30(2,29(39)31-3)26(38)25(22)37/h4-12,18,22,25-26,37-38H,15-17H2,1-3H3,(H,31,39)(H,32,34,35)/t22-,25+,26+,30?/m1/s1. The van der Waals surface area contributed by atoms with Crippen molar-refractivity contribution in [3.05, 3.63) is 83.4 Å². The van der Waals surface area contributed by atoms with Gasteiger partial charge >= 0.3 is 0 Å². The number of carbonyl (C=O) groups excluding carboxylic acids is 1. The molecule has 0 radical (unpaired) electrons. The van der Waals surface area contributed by atoms with Crippen molar-refractivity contribution < 1.29 is 15.0 Å². The van der Waals surface area contributed by atoms with Gasteiger partial charge in [0.1, 0.15) is 6.10 Å². The van der Waals surface area contributed by atoms with E-state index in [1.54, 1.807) is 17.8 Å². The summed E-state index contributed by atoms with van der Waals surface area (Å²) in [4.78, 5) is 26.5. The minimum atomic E-state index is -1.24. The van der Waals surface area contributed by atoms with Crippen molar-refractivity contribution in [1.29, 1.82) is 0 Å². The van der Waals surface area contributed by atoms with Gasteiger partial charge in [-0.2, -0.15) is 0 Å². The summed E-state index contributed by atoms with van der Waals surface area (Å²) in [6.45, 7) is 4.33. The van der Waals surface area contributed by atoms with E-state index in [4.69, 9.17) is 0 Å². The fourth-order valence-electron chi connectivity index (χ4n) is 5.11. The zero-order valence-electron chi connectivity index (χ0n) is 22.2. The van der Waals surface area contributed by atoms with Crippen LogP contribution >= 0.6 is 0 Å². The Morgan fingerprint density at radius 2 is 1.85 bits per heavy atom. The second-order valence-electron chi connectivity index (χ2n) is 10.2. The number of aliphatic hydroxyl groups excluding tert-OH is 2. The van der Waals surface area contributed by atoms with Crippen molar-refractivity contribution in [2.45, 2.75) is 44.9 Å². The maximum Gasteiger partial charge on any atom is 0.228 e. The van der Waals surface area contributed by atoms with E-state index in [0.717, 1.165) is 12.0 Å². The molecule has 2 aromatic carbocycles. The molecule has 0 aliphatic heterocycles. The summed E-state index contributed by atoms with van der Waals surface area (Å²) >= 11 is 0. The van der Waals surface area contributed by atoms with E-state index in [9.17, 15) is 15.0 Å². The van der Waals surface area contributed by atoms with Crippen LogP contribution in [-0.2, 0) is 11.2 Å². The molecule has 1 aliphatic carbocycles. The highest BCUT2D eigenvalue weighted by atomic mass is 16.3. The first kappa shape index (κ1) is 26.4. The number of imidazole rings is 1. The van der Waals surface area contributed by atoms with Crippen LogP contribution in [-0.4, -0.2) is 61.4 Å². The number of anilines is 1. The van der Waals surface area contributed by atoms with Gasteiger partial charge in [-0.25, -0.2) is 15.0 Å². The van der Waals surface area contributed by atoms with E-state index >= 15 is 0 Å². The van der Waals surface area contributed by atoms with Gasteiger partial charge in [-0.1, -0.05) is 53.9 Å². The molecule has 200 valence electrons. The highest BCUT2D eigenvalue weighted by Crippen LogP contribution is 2.45. The first-order valence-corrected chi connectivity index (χ1v) is 13.0. The number of benzene rings is 2. The first-order chi connectivity index (χ1) is 18.8. The number of aryl methyl sites for hydroxylation is 1. The van der Waals surface area contributed by atoms with Crippen LogP contribution in [0.15, 0.2) is 60.9 Å². The maximum atomic E-state index is 12.6. The Morgan fingerprint density at radius 1 is 1.10 bits per heavy atom. The third-order valence-electron chi connectivity index (χ3n) is 7.45. The molecule has 0 bridgehead atoms. The molecule has 1 aliphatic rings. The minimum absolute atomic E-state index is 0.214. The normalized spacial score (nSPS) is 22.3. The average molecular weight is 525 g/mol. The van der Waals surface area contributed by atoms with Gasteiger partial charge in [0.2, 0.25) is 11.7 Å². The van der Waals surface area contributed by atoms with Crippen molar-refractivity contribution >= 4 is 22.9 Å². The molecule has 1 amide bonds. The number of hydrogen-bond donors (Lipinski definition) is 4. The Balaban J connectivity index is 1.51. The lowest BCUT2D eigenvalue weighted by molar-refractivity contribution is -0.136. The van der Waals surface area contributed by atoms with Gasteiger partial charge in [0.25, 0.3) is 0 Å². The smallest absolute Gasteiger partial charge is 0.228 e. The van der Waals surface area contributed by atoms with E-state index < -0.39 is 23.7 Å². The van der Waals surface area contributed by atoms with Crippen LogP contribution in [0.5, 0.6) is 0 Å². The highest BCUT2D eigenvalue weighted by Gasteiger charge is 2.54. The zero-order chi connectivity index (χ0) is 27.6. The molecule has 0 saturated heterocycles. The fourth-order valence-corrected chi connectivity index (χ4v) is 5.11. The van der Waals surface area contributed by atoms with Gasteiger partial charge in [-0.15, -0.1) is 0 Å². The van der Waals surface area contributed by atoms with E-state index in [1.165, 1.54) is 18.2 Å². The number of hydrogen-bond acceptors (Lipinski definition) is 7. The van der Waals surface area contributed by atoms with Crippen LogP contribution in [0.4, 0.5) is 5.82 Å². The number of rotatable bonds is 6. The fraction of sp³-hybridized carbons (Fsp3) is 0.333. The van der Waals surface area contributed by atoms with E-state index in [-0.39, 0.29) is 12.3 Å². The summed E-state index contributed by atoms with van der Waals surface area (Å²) in [6, 6.07) is 17.3. The summed E-state index contributed by atoms with van der Waals surface area (Å²) in [6.07, 6.45) is 0.152. The molecule has 4 aromatic rings. The van der Waals surface area contributed by atoms with Gasteiger partial charge < -0.3 is 25.4 Å². The van der Waals surface area contributed by atoms with Crippen LogP contribution in [0.3, 0.4) is 0 Å². The predicted molar refractivity (Wildman–Crippen MR) is 149 cm³/mol. The van der Waals surface area contributed by atoms with Crippen LogP contribution < -0.4 is 10.6 Å². The Kier molecular flexibility index (Phi) is 7.33. The highest BCUT2D eigenvalue weighted by molar-refractivity contribution is 5.85. The molecular formula is C30H32N6O3. The van der Waals surface area contributed by atoms with Gasteiger partial charge in [0, 0.05) is 19.2 Å². The number of nitrogens with one attached hydrogen (secondary N) is 2. The van der Waals surface area contributed by atoms with Crippen molar-refractivity contribution in [1.82, 2.24) is 24.8 Å². The van der Waals surface area contributed by atoms with Gasteiger partial charge in [0.05, 0.1) is 23.9 Å². The molecule has 1 fully saturated rings. The SMILES string of the molecule is CNC(=O)C1(C)C[C@@H](n2cnc3c(NCCc4ccc(C)cc4)nc(C#Cc4ccccc4)nc32)[C@H](O)[C@@H]1O. The van der Waals surface area contributed by atoms with Crippen LogP contribution in [0.1, 0.15) is 41.9 Å². The van der Waals surface area contributed by atoms with E-state index in [0.29, 0.717) is 29.4 Å². The maximum absolute atomic E-state index is 12.6. The van der Waals surface area contributed by atoms with E-state index in [1.807, 2.05) is 30.3 Å². The average Bonchev–Trinajstić information content (AvgIpc) is 3.48. The van der Waals surface area contributed by atoms with Gasteiger partial charge in [-0.05, 0) is 50.3 Å². The minimum Gasteiger partial charge on any atom is -0.389 e. The number of carbonyl (C=O) groups is 1. The lowest BCUT2D eigenvalue weighted by Crippen LogP contribution is -2.45. The summed E-state index contributed by atoms with van der Waals surface area (Å²) in [5.41, 5.74) is 3.08. The lowest BCUT2D eigenvalue weighted by Gasteiger charge is -2.26. The second-order valence-corrected chi connectivity index (χ2v) is 10.2. The summed E-state index contributed by atoms with van der Waals surface area (Å²) in [5, 5.41) is 27.8. The molecule has 1 unspecified atom stereocenters. The third-order valence-corrected chi connectivity index (χ3v) is 7.45. The third kappa shape index (κ3) is 5.21. The molecule has 2 heterocycles. The topological polar surface area (TPSA) is 125 Å². The molecule has 4 atom stereocenters. The zero-order valence-corrected chi connectivity index (χ0v) is 22.2. The molecule has 9 nitrogen and oxygen atoms in total. The van der Waals surface area contributed by atoms with Crippen molar-refractivity contribution in [2.24, 2.45) is 5.41 Å². The largest absolute Gasteiger partial charge is 0.389 e. The molecule has 2 aromatic heterocycles.